The number of aliphatic carboxylic acids is 1. The quantitative estimate of drug-likeness (QED) is 0.761. The number of rotatable bonds is 7. The van der Waals surface area contributed by atoms with Crippen molar-refractivity contribution in [2.24, 2.45) is 17.3 Å². The number of carbonyl (C=O) groups is 2. The van der Waals surface area contributed by atoms with Gasteiger partial charge in [0, 0.05) is 6.20 Å². The molecule has 1 saturated carbocycles. The highest BCUT2D eigenvalue weighted by Gasteiger charge is 2.44. The van der Waals surface area contributed by atoms with E-state index in [0.29, 0.717) is 0 Å². The minimum absolute atomic E-state index is 0.116. The van der Waals surface area contributed by atoms with Crippen LogP contribution in [0.1, 0.15) is 76.6 Å². The molecule has 1 heterocycles. The lowest BCUT2D eigenvalue weighted by molar-refractivity contribution is -0.148. The van der Waals surface area contributed by atoms with Crippen LogP contribution >= 0.6 is 0 Å². The minimum Gasteiger partial charge on any atom is -0.481 e. The lowest BCUT2D eigenvalue weighted by Gasteiger charge is -2.39. The number of aryl methyl sites for hydroxylation is 1. The fourth-order valence-corrected chi connectivity index (χ4v) is 4.14. The van der Waals surface area contributed by atoms with Gasteiger partial charge in [-0.3, -0.25) is 14.6 Å². The summed E-state index contributed by atoms with van der Waals surface area (Å²) in [5.74, 6) is -0.795. The molecule has 0 bridgehead atoms. The topological polar surface area (TPSA) is 79.3 Å². The molecule has 2 rings (SSSR count). The molecule has 1 aliphatic carbocycles. The van der Waals surface area contributed by atoms with Crippen molar-refractivity contribution in [1.82, 2.24) is 10.3 Å². The van der Waals surface area contributed by atoms with Crippen molar-refractivity contribution < 1.29 is 14.7 Å². The van der Waals surface area contributed by atoms with Crippen molar-refractivity contribution >= 4 is 11.9 Å². The third kappa shape index (κ3) is 4.63. The molecule has 144 valence electrons. The lowest BCUT2D eigenvalue weighted by atomic mass is 9.67. The molecule has 2 unspecified atom stereocenters. The van der Waals surface area contributed by atoms with Crippen LogP contribution in [0.15, 0.2) is 18.3 Å². The smallest absolute Gasteiger partial charge is 0.304 e. The third-order valence-corrected chi connectivity index (χ3v) is 5.84. The number of nitrogens with one attached hydrogen (secondary N) is 1. The second kappa shape index (κ2) is 8.65. The van der Waals surface area contributed by atoms with Gasteiger partial charge in [-0.05, 0) is 50.2 Å². The van der Waals surface area contributed by atoms with Crippen LogP contribution in [0.4, 0.5) is 0 Å². The first kappa shape index (κ1) is 20.4. The second-order valence-electron chi connectivity index (χ2n) is 8.22. The lowest BCUT2D eigenvalue weighted by Crippen LogP contribution is -2.48. The standard InChI is InChI=1S/C21H32N2O3/c1-14(2)18(19-15(3)9-8-12-22-19)23-20(26)21(4,13-17(24)25)16-10-6-5-7-11-16/h8-9,12,14,16,18H,5-7,10-11,13H2,1-4H3,(H,23,26)(H,24,25). The van der Waals surface area contributed by atoms with E-state index >= 15 is 0 Å². The van der Waals surface area contributed by atoms with Gasteiger partial charge in [-0.15, -0.1) is 0 Å². The van der Waals surface area contributed by atoms with Gasteiger partial charge in [-0.1, -0.05) is 39.2 Å². The van der Waals surface area contributed by atoms with Gasteiger partial charge < -0.3 is 10.4 Å². The summed E-state index contributed by atoms with van der Waals surface area (Å²) < 4.78 is 0. The largest absolute Gasteiger partial charge is 0.481 e. The molecular weight excluding hydrogens is 328 g/mol. The molecule has 1 aromatic rings. The van der Waals surface area contributed by atoms with Crippen molar-refractivity contribution in [3.63, 3.8) is 0 Å². The average molecular weight is 360 g/mol. The van der Waals surface area contributed by atoms with Gasteiger partial charge in [0.15, 0.2) is 0 Å². The van der Waals surface area contributed by atoms with Crippen LogP contribution in [-0.4, -0.2) is 22.0 Å². The molecule has 1 aliphatic rings. The fraction of sp³-hybridized carbons (Fsp3) is 0.667. The van der Waals surface area contributed by atoms with Crippen LogP contribution in [0.25, 0.3) is 0 Å². The molecule has 5 nitrogen and oxygen atoms in total. The molecule has 1 fully saturated rings. The Morgan fingerprint density at radius 3 is 2.50 bits per heavy atom. The summed E-state index contributed by atoms with van der Waals surface area (Å²) in [6, 6.07) is 3.65. The van der Waals surface area contributed by atoms with Crippen molar-refractivity contribution in [2.75, 3.05) is 0 Å². The van der Waals surface area contributed by atoms with Gasteiger partial charge in [0.1, 0.15) is 0 Å². The number of carbonyl (C=O) groups excluding carboxylic acids is 1. The van der Waals surface area contributed by atoms with E-state index in [4.69, 9.17) is 0 Å². The van der Waals surface area contributed by atoms with Gasteiger partial charge in [-0.25, -0.2) is 0 Å². The van der Waals surface area contributed by atoms with Gasteiger partial charge in [0.2, 0.25) is 5.91 Å². The zero-order chi connectivity index (χ0) is 19.3. The molecule has 0 spiro atoms. The van der Waals surface area contributed by atoms with Crippen LogP contribution < -0.4 is 5.32 Å². The van der Waals surface area contributed by atoms with Crippen molar-refractivity contribution in [3.8, 4) is 0 Å². The molecule has 0 aliphatic heterocycles. The molecule has 0 saturated heterocycles. The molecule has 0 radical (unpaired) electrons. The number of pyridine rings is 1. The van der Waals surface area contributed by atoms with Crippen molar-refractivity contribution in [2.45, 2.75) is 72.3 Å². The summed E-state index contributed by atoms with van der Waals surface area (Å²) in [5.41, 5.74) is 1.00. The van der Waals surface area contributed by atoms with E-state index in [1.165, 1.54) is 6.42 Å². The molecule has 2 atom stereocenters. The Morgan fingerprint density at radius 2 is 1.96 bits per heavy atom. The molecule has 0 aromatic carbocycles. The van der Waals surface area contributed by atoms with E-state index in [1.807, 2.05) is 39.8 Å². The number of aromatic nitrogens is 1. The number of amides is 1. The number of carboxylic acids is 1. The Hall–Kier alpha value is -1.91. The first-order valence-electron chi connectivity index (χ1n) is 9.70. The number of nitrogens with zero attached hydrogens (tertiary/aromatic N) is 1. The third-order valence-electron chi connectivity index (χ3n) is 5.84. The summed E-state index contributed by atoms with van der Waals surface area (Å²) in [6.45, 7) is 7.92. The van der Waals surface area contributed by atoms with E-state index in [-0.39, 0.29) is 30.2 Å². The highest BCUT2D eigenvalue weighted by atomic mass is 16.4. The fourth-order valence-electron chi connectivity index (χ4n) is 4.14. The predicted molar refractivity (Wildman–Crippen MR) is 102 cm³/mol. The monoisotopic (exact) mass is 360 g/mol. The molecular formula is C21H32N2O3. The zero-order valence-electron chi connectivity index (χ0n) is 16.4. The second-order valence-corrected chi connectivity index (χ2v) is 8.22. The van der Waals surface area contributed by atoms with E-state index in [9.17, 15) is 14.7 Å². The number of hydrogen-bond acceptors (Lipinski definition) is 3. The highest BCUT2D eigenvalue weighted by molar-refractivity contribution is 5.87. The summed E-state index contributed by atoms with van der Waals surface area (Å²) >= 11 is 0. The molecule has 1 aromatic heterocycles. The number of carboxylic acid groups (broad SMARTS) is 1. The Balaban J connectivity index is 2.28. The van der Waals surface area contributed by atoms with Crippen molar-refractivity contribution in [3.05, 3.63) is 29.6 Å². The maximum atomic E-state index is 13.3. The van der Waals surface area contributed by atoms with Gasteiger partial charge >= 0.3 is 5.97 Å². The highest BCUT2D eigenvalue weighted by Crippen LogP contribution is 2.42. The van der Waals surface area contributed by atoms with Crippen LogP contribution in [0.5, 0.6) is 0 Å². The predicted octanol–water partition coefficient (Wildman–Crippen LogP) is 4.26. The van der Waals surface area contributed by atoms with E-state index in [2.05, 4.69) is 10.3 Å². The first-order chi connectivity index (χ1) is 12.3. The van der Waals surface area contributed by atoms with Crippen LogP contribution in [0, 0.1) is 24.2 Å². The van der Waals surface area contributed by atoms with Crippen LogP contribution in [0.2, 0.25) is 0 Å². The zero-order valence-corrected chi connectivity index (χ0v) is 16.4. The van der Waals surface area contributed by atoms with Crippen LogP contribution in [-0.2, 0) is 9.59 Å². The van der Waals surface area contributed by atoms with Gasteiger partial charge in [0.05, 0.1) is 23.6 Å². The number of hydrogen-bond donors (Lipinski definition) is 2. The Kier molecular flexibility index (Phi) is 6.79. The summed E-state index contributed by atoms with van der Waals surface area (Å²) in [5, 5.41) is 12.6. The maximum absolute atomic E-state index is 13.3. The normalized spacial score (nSPS) is 19.0. The molecule has 5 heteroatoms. The SMILES string of the molecule is Cc1cccnc1C(NC(=O)C(C)(CC(=O)O)C1CCCCC1)C(C)C. The Labute approximate surface area is 156 Å². The Bertz CT molecular complexity index is 638. The van der Waals surface area contributed by atoms with E-state index in [1.54, 1.807) is 6.20 Å². The van der Waals surface area contributed by atoms with Crippen molar-refractivity contribution in [1.29, 1.82) is 0 Å². The Morgan fingerprint density at radius 1 is 1.31 bits per heavy atom. The van der Waals surface area contributed by atoms with E-state index < -0.39 is 11.4 Å². The van der Waals surface area contributed by atoms with Gasteiger partial charge in [-0.2, -0.15) is 0 Å². The van der Waals surface area contributed by atoms with E-state index in [0.717, 1.165) is 36.9 Å². The maximum Gasteiger partial charge on any atom is 0.304 e. The molecule has 26 heavy (non-hydrogen) atoms. The average Bonchev–Trinajstić information content (AvgIpc) is 2.60. The first-order valence-corrected chi connectivity index (χ1v) is 9.70. The summed E-state index contributed by atoms with van der Waals surface area (Å²) in [7, 11) is 0. The molecule has 1 amide bonds. The minimum atomic E-state index is -0.914. The van der Waals surface area contributed by atoms with Crippen LogP contribution in [0.3, 0.4) is 0 Å². The van der Waals surface area contributed by atoms with Gasteiger partial charge in [0.25, 0.3) is 0 Å². The summed E-state index contributed by atoms with van der Waals surface area (Å²) in [4.78, 5) is 29.3. The molecule has 2 N–H and O–H groups in total. The summed E-state index contributed by atoms with van der Waals surface area (Å²) in [6.07, 6.45) is 6.76.